The van der Waals surface area contributed by atoms with Gasteiger partial charge in [0.1, 0.15) is 28.3 Å². The van der Waals surface area contributed by atoms with Gasteiger partial charge in [-0.15, -0.1) is 0 Å². The first-order valence-corrected chi connectivity index (χ1v) is 15.4. The van der Waals surface area contributed by atoms with E-state index in [0.717, 1.165) is 48.0 Å². The number of nitrogens with zero attached hydrogens (tertiary/aromatic N) is 7. The Bertz CT molecular complexity index is 1800. The zero-order valence-electron chi connectivity index (χ0n) is 24.8. The molecule has 1 saturated heterocycles. The smallest absolute Gasteiger partial charge is 0.421 e. The summed E-state index contributed by atoms with van der Waals surface area (Å²) in [4.78, 5) is 21.0. The van der Waals surface area contributed by atoms with Crippen molar-refractivity contribution in [2.45, 2.75) is 13.1 Å². The quantitative estimate of drug-likeness (QED) is 0.287. The van der Waals surface area contributed by atoms with Crippen molar-refractivity contribution in [3.63, 3.8) is 0 Å². The van der Waals surface area contributed by atoms with E-state index in [9.17, 15) is 21.6 Å². The number of piperazine rings is 1. The van der Waals surface area contributed by atoms with Crippen molar-refractivity contribution in [1.82, 2.24) is 24.8 Å². The average Bonchev–Trinajstić information content (AvgIpc) is 2.96. The highest BCUT2D eigenvalue weighted by molar-refractivity contribution is 7.92. The Morgan fingerprint density at radius 1 is 1.00 bits per heavy atom. The molecule has 2 aromatic carbocycles. The molecule has 1 aliphatic rings. The fourth-order valence-electron chi connectivity index (χ4n) is 4.93. The lowest BCUT2D eigenvalue weighted by atomic mass is 10.1. The molecule has 1 aliphatic heterocycles. The van der Waals surface area contributed by atoms with Crippen LogP contribution in [-0.4, -0.2) is 86.9 Å². The second-order valence-electron chi connectivity index (χ2n) is 10.4. The fourth-order valence-corrected chi connectivity index (χ4v) is 5.45. The highest BCUT2D eigenvalue weighted by Gasteiger charge is 2.36. The zero-order valence-corrected chi connectivity index (χ0v) is 25.6. The van der Waals surface area contributed by atoms with Gasteiger partial charge in [-0.3, -0.25) is 14.3 Å². The summed E-state index contributed by atoms with van der Waals surface area (Å²) in [6.07, 6.45) is -0.388. The number of hydrogen-bond acceptors (Lipinski definition) is 11. The Kier molecular flexibility index (Phi) is 8.40. The van der Waals surface area contributed by atoms with Gasteiger partial charge in [-0.05, 0) is 37.7 Å². The van der Waals surface area contributed by atoms with E-state index in [2.05, 4.69) is 47.4 Å². The van der Waals surface area contributed by atoms with E-state index >= 15 is 0 Å². The lowest BCUT2D eigenvalue weighted by Gasteiger charge is -2.35. The average molecular weight is 632 g/mol. The van der Waals surface area contributed by atoms with Crippen molar-refractivity contribution < 1.29 is 26.3 Å². The molecule has 5 rings (SSSR count). The number of alkyl halides is 3. The number of halogens is 3. The highest BCUT2D eigenvalue weighted by atomic mass is 32.2. The summed E-state index contributed by atoms with van der Waals surface area (Å²) in [5.74, 6) is -0.261. The number of fused-ring (bicyclic) bond motifs is 1. The van der Waals surface area contributed by atoms with Crippen LogP contribution in [0.1, 0.15) is 11.1 Å². The lowest BCUT2D eigenvalue weighted by molar-refractivity contribution is -0.137. The summed E-state index contributed by atoms with van der Waals surface area (Å²) >= 11 is 0. The van der Waals surface area contributed by atoms with Crippen LogP contribution in [0, 0.1) is 6.92 Å². The molecule has 12 nitrogen and oxygen atoms in total. The third-order valence-electron chi connectivity index (χ3n) is 7.38. The van der Waals surface area contributed by atoms with Crippen LogP contribution in [0.4, 0.5) is 47.7 Å². The Morgan fingerprint density at radius 2 is 1.70 bits per heavy atom. The standard InChI is InChI=1S/C28H32F3N9O3S/c1-17-14-21(23(43-4)15-22(17)40-12-10-38(2)11-13-40)36-27-34-16-18(28(29,30)31)26(37-27)35-20-7-6-19-24(33-9-8-32-19)25(20)39(3)44(5,41)42/h6-9,14-16H,10-13H2,1-5H3,(H2,34,35,36,37). The van der Waals surface area contributed by atoms with Crippen LogP contribution in [0.15, 0.2) is 42.9 Å². The first-order valence-electron chi connectivity index (χ1n) is 13.5. The molecule has 234 valence electrons. The SMILES string of the molecule is COc1cc(N2CCN(C)CC2)c(C)cc1Nc1ncc(C(F)(F)F)c(Nc2ccc3nccnc3c2N(C)S(C)(=O)=O)n1. The van der Waals surface area contributed by atoms with E-state index in [4.69, 9.17) is 4.74 Å². The van der Waals surface area contributed by atoms with E-state index in [1.807, 2.05) is 19.1 Å². The minimum Gasteiger partial charge on any atom is -0.494 e. The molecular formula is C28H32F3N9O3S. The molecular weight excluding hydrogens is 599 g/mol. The molecule has 0 bridgehead atoms. The highest BCUT2D eigenvalue weighted by Crippen LogP contribution is 2.40. The number of methoxy groups -OCH3 is 1. The summed E-state index contributed by atoms with van der Waals surface area (Å²) in [6.45, 7) is 5.48. The Labute approximate surface area is 252 Å². The number of rotatable bonds is 8. The van der Waals surface area contributed by atoms with E-state index in [1.54, 1.807) is 0 Å². The number of aromatic nitrogens is 4. The first-order chi connectivity index (χ1) is 20.8. The summed E-state index contributed by atoms with van der Waals surface area (Å²) in [7, 11) is 1.02. The number of hydrogen-bond donors (Lipinski definition) is 2. The second kappa shape index (κ2) is 11.9. The maximum absolute atomic E-state index is 14.1. The van der Waals surface area contributed by atoms with Crippen LogP contribution >= 0.6 is 0 Å². The van der Waals surface area contributed by atoms with Crippen LogP contribution in [-0.2, 0) is 16.2 Å². The number of anilines is 6. The van der Waals surface area contributed by atoms with Gasteiger partial charge >= 0.3 is 6.18 Å². The monoisotopic (exact) mass is 631 g/mol. The Morgan fingerprint density at radius 3 is 2.36 bits per heavy atom. The Hall–Kier alpha value is -4.44. The molecule has 2 aromatic heterocycles. The van der Waals surface area contributed by atoms with Gasteiger partial charge in [0.25, 0.3) is 0 Å². The number of ether oxygens (including phenoxy) is 1. The molecule has 0 unspecified atom stereocenters. The summed E-state index contributed by atoms with van der Waals surface area (Å²) in [5.41, 5.74) is 1.81. The summed E-state index contributed by atoms with van der Waals surface area (Å²) in [6, 6.07) is 6.66. The largest absolute Gasteiger partial charge is 0.494 e. The van der Waals surface area contributed by atoms with E-state index in [-0.39, 0.29) is 22.8 Å². The molecule has 0 saturated carbocycles. The second-order valence-corrected chi connectivity index (χ2v) is 12.5. The lowest BCUT2D eigenvalue weighted by Crippen LogP contribution is -2.44. The van der Waals surface area contributed by atoms with E-state index < -0.39 is 27.6 Å². The number of likely N-dealkylation sites (N-methyl/N-ethyl adjacent to an activating group) is 1. The predicted octanol–water partition coefficient (Wildman–Crippen LogP) is 4.39. The topological polar surface area (TPSA) is 129 Å². The number of sulfonamides is 1. The van der Waals surface area contributed by atoms with Crippen molar-refractivity contribution in [2.75, 3.05) is 73.5 Å². The van der Waals surface area contributed by atoms with Gasteiger partial charge in [0, 0.05) is 63.6 Å². The van der Waals surface area contributed by atoms with Gasteiger partial charge in [0.05, 0.1) is 30.3 Å². The molecule has 3 heterocycles. The summed E-state index contributed by atoms with van der Waals surface area (Å²) in [5, 5.41) is 5.68. The third kappa shape index (κ3) is 6.40. The van der Waals surface area contributed by atoms with Gasteiger partial charge in [-0.25, -0.2) is 13.4 Å². The maximum atomic E-state index is 14.1. The number of benzene rings is 2. The molecule has 1 fully saturated rings. The number of nitrogens with one attached hydrogen (secondary N) is 2. The minimum atomic E-state index is -4.82. The first kappa shape index (κ1) is 31.0. The van der Waals surface area contributed by atoms with Crippen molar-refractivity contribution in [3.8, 4) is 5.75 Å². The van der Waals surface area contributed by atoms with Crippen LogP contribution in [0.2, 0.25) is 0 Å². The van der Waals surface area contributed by atoms with Crippen molar-refractivity contribution in [3.05, 3.63) is 54.0 Å². The summed E-state index contributed by atoms with van der Waals surface area (Å²) < 4.78 is 74.0. The fraction of sp³-hybridized carbons (Fsp3) is 0.357. The van der Waals surface area contributed by atoms with Crippen LogP contribution in [0.3, 0.4) is 0 Å². The molecule has 4 aromatic rings. The van der Waals surface area contributed by atoms with Gasteiger partial charge < -0.3 is 25.2 Å². The third-order valence-corrected chi connectivity index (χ3v) is 8.56. The van der Waals surface area contributed by atoms with Gasteiger partial charge in [-0.1, -0.05) is 0 Å². The number of aryl methyl sites for hydroxylation is 1. The molecule has 0 radical (unpaired) electrons. The van der Waals surface area contributed by atoms with Crippen molar-refractivity contribution in [2.24, 2.45) is 0 Å². The minimum absolute atomic E-state index is 0.0103. The van der Waals surface area contributed by atoms with E-state index in [1.165, 1.54) is 38.7 Å². The van der Waals surface area contributed by atoms with Crippen molar-refractivity contribution >= 4 is 55.6 Å². The van der Waals surface area contributed by atoms with Gasteiger partial charge in [0.15, 0.2) is 0 Å². The molecule has 0 spiro atoms. The molecule has 0 amide bonds. The Balaban J connectivity index is 1.55. The van der Waals surface area contributed by atoms with E-state index in [0.29, 0.717) is 23.2 Å². The zero-order chi connectivity index (χ0) is 31.8. The molecule has 0 atom stereocenters. The van der Waals surface area contributed by atoms with Crippen LogP contribution < -0.4 is 24.6 Å². The van der Waals surface area contributed by atoms with Crippen LogP contribution in [0.5, 0.6) is 5.75 Å². The van der Waals surface area contributed by atoms with Gasteiger partial charge in [0.2, 0.25) is 16.0 Å². The van der Waals surface area contributed by atoms with Gasteiger partial charge in [-0.2, -0.15) is 18.2 Å². The molecule has 0 aliphatic carbocycles. The molecule has 44 heavy (non-hydrogen) atoms. The normalized spacial score (nSPS) is 14.5. The van der Waals surface area contributed by atoms with Crippen molar-refractivity contribution in [1.29, 1.82) is 0 Å². The molecule has 16 heteroatoms. The predicted molar refractivity (Wildman–Crippen MR) is 164 cm³/mol. The van der Waals surface area contributed by atoms with Crippen LogP contribution in [0.25, 0.3) is 11.0 Å². The molecule has 2 N–H and O–H groups in total. The maximum Gasteiger partial charge on any atom is 0.421 e.